The number of ether oxygens (including phenoxy) is 2. The quantitative estimate of drug-likeness (QED) is 0.798. The van der Waals surface area contributed by atoms with E-state index in [1.165, 1.54) is 32.1 Å². The lowest BCUT2D eigenvalue weighted by molar-refractivity contribution is -0.137. The van der Waals surface area contributed by atoms with Gasteiger partial charge < -0.3 is 20.1 Å². The number of carbonyl (C=O) groups excluding carboxylic acids is 1. The van der Waals surface area contributed by atoms with Crippen LogP contribution in [0.15, 0.2) is 0 Å². The van der Waals surface area contributed by atoms with Crippen LogP contribution in [0.2, 0.25) is 0 Å². The van der Waals surface area contributed by atoms with Crippen LogP contribution in [-0.2, 0) is 14.3 Å². The SMILES string of the molecule is NCC1(CC(=O)N2CCC(OCC3CCCCO3)CC2)CCCCC1. The van der Waals surface area contributed by atoms with Crippen molar-refractivity contribution in [2.24, 2.45) is 11.1 Å². The van der Waals surface area contributed by atoms with E-state index >= 15 is 0 Å². The zero-order valence-corrected chi connectivity index (χ0v) is 15.7. The van der Waals surface area contributed by atoms with Crippen molar-refractivity contribution in [2.45, 2.75) is 82.8 Å². The van der Waals surface area contributed by atoms with Gasteiger partial charge in [0.2, 0.25) is 5.91 Å². The number of hydrogen-bond acceptors (Lipinski definition) is 4. The van der Waals surface area contributed by atoms with Crippen molar-refractivity contribution in [2.75, 3.05) is 32.8 Å². The fourth-order valence-electron chi connectivity index (χ4n) is 4.64. The van der Waals surface area contributed by atoms with Crippen molar-refractivity contribution < 1.29 is 14.3 Å². The van der Waals surface area contributed by atoms with Gasteiger partial charge in [0.05, 0.1) is 18.8 Å². The van der Waals surface area contributed by atoms with E-state index in [1.807, 2.05) is 4.90 Å². The van der Waals surface area contributed by atoms with E-state index in [0.717, 1.165) is 58.4 Å². The van der Waals surface area contributed by atoms with Gasteiger partial charge in [-0.05, 0) is 56.9 Å². The Labute approximate surface area is 152 Å². The second-order valence-electron chi connectivity index (χ2n) is 8.34. The molecule has 0 radical (unpaired) electrons. The number of rotatable bonds is 6. The maximum Gasteiger partial charge on any atom is 0.223 e. The van der Waals surface area contributed by atoms with Crippen LogP contribution in [0.5, 0.6) is 0 Å². The highest BCUT2D eigenvalue weighted by Crippen LogP contribution is 2.39. The Balaban J connectivity index is 1.38. The normalized spacial score (nSPS) is 28.0. The lowest BCUT2D eigenvalue weighted by Gasteiger charge is -2.39. The van der Waals surface area contributed by atoms with Crippen LogP contribution >= 0.6 is 0 Å². The summed E-state index contributed by atoms with van der Waals surface area (Å²) in [5, 5.41) is 0. The molecule has 0 spiro atoms. The maximum atomic E-state index is 12.8. The minimum atomic E-state index is 0.0704. The first-order valence-electron chi connectivity index (χ1n) is 10.4. The molecule has 3 fully saturated rings. The summed E-state index contributed by atoms with van der Waals surface area (Å²) >= 11 is 0. The van der Waals surface area contributed by atoms with Crippen molar-refractivity contribution in [3.63, 3.8) is 0 Å². The molecule has 1 saturated carbocycles. The first-order valence-corrected chi connectivity index (χ1v) is 10.4. The van der Waals surface area contributed by atoms with Gasteiger partial charge in [-0.15, -0.1) is 0 Å². The summed E-state index contributed by atoms with van der Waals surface area (Å²) in [7, 11) is 0. The van der Waals surface area contributed by atoms with Crippen molar-refractivity contribution in [3.8, 4) is 0 Å². The third kappa shape index (κ3) is 5.41. The molecule has 25 heavy (non-hydrogen) atoms. The van der Waals surface area contributed by atoms with Crippen LogP contribution < -0.4 is 5.73 Å². The van der Waals surface area contributed by atoms with E-state index in [1.54, 1.807) is 0 Å². The number of piperidine rings is 1. The maximum absolute atomic E-state index is 12.8. The Hall–Kier alpha value is -0.650. The van der Waals surface area contributed by atoms with Crippen LogP contribution in [0, 0.1) is 5.41 Å². The van der Waals surface area contributed by atoms with Gasteiger partial charge in [-0.2, -0.15) is 0 Å². The topological polar surface area (TPSA) is 64.8 Å². The van der Waals surface area contributed by atoms with Gasteiger partial charge in [0.1, 0.15) is 0 Å². The van der Waals surface area contributed by atoms with Gasteiger partial charge in [0.15, 0.2) is 0 Å². The monoisotopic (exact) mass is 352 g/mol. The van der Waals surface area contributed by atoms with Gasteiger partial charge in [-0.1, -0.05) is 19.3 Å². The molecule has 2 heterocycles. The van der Waals surface area contributed by atoms with E-state index in [-0.39, 0.29) is 17.6 Å². The summed E-state index contributed by atoms with van der Waals surface area (Å²) < 4.78 is 11.8. The van der Waals surface area contributed by atoms with Crippen molar-refractivity contribution in [1.82, 2.24) is 4.90 Å². The van der Waals surface area contributed by atoms with Crippen LogP contribution in [0.1, 0.15) is 70.6 Å². The third-order valence-corrected chi connectivity index (χ3v) is 6.46. The summed E-state index contributed by atoms with van der Waals surface area (Å²) in [6, 6.07) is 0. The molecule has 0 bridgehead atoms. The van der Waals surface area contributed by atoms with Gasteiger partial charge in [-0.3, -0.25) is 4.79 Å². The number of amides is 1. The van der Waals surface area contributed by atoms with Crippen LogP contribution in [0.4, 0.5) is 0 Å². The summed E-state index contributed by atoms with van der Waals surface area (Å²) in [4.78, 5) is 14.8. The second kappa shape index (κ2) is 9.33. The average molecular weight is 353 g/mol. The Morgan fingerprint density at radius 1 is 1.08 bits per heavy atom. The van der Waals surface area contributed by atoms with Gasteiger partial charge in [0, 0.05) is 26.1 Å². The first kappa shape index (κ1) is 19.1. The number of likely N-dealkylation sites (tertiary alicyclic amines) is 1. The summed E-state index contributed by atoms with van der Waals surface area (Å²) in [5.41, 5.74) is 6.12. The molecule has 1 aliphatic carbocycles. The molecule has 3 aliphatic rings. The Morgan fingerprint density at radius 3 is 2.48 bits per heavy atom. The molecule has 0 aromatic carbocycles. The summed E-state index contributed by atoms with van der Waals surface area (Å²) in [6.07, 6.45) is 12.7. The van der Waals surface area contributed by atoms with Crippen molar-refractivity contribution >= 4 is 5.91 Å². The average Bonchev–Trinajstić information content (AvgIpc) is 2.68. The fourth-order valence-corrected chi connectivity index (χ4v) is 4.64. The zero-order chi connectivity index (χ0) is 17.5. The lowest BCUT2D eigenvalue weighted by atomic mass is 9.71. The second-order valence-corrected chi connectivity index (χ2v) is 8.34. The fraction of sp³-hybridized carbons (Fsp3) is 0.950. The molecule has 1 amide bonds. The number of hydrogen-bond donors (Lipinski definition) is 1. The van der Waals surface area contributed by atoms with Gasteiger partial charge >= 0.3 is 0 Å². The third-order valence-electron chi connectivity index (χ3n) is 6.46. The molecule has 3 rings (SSSR count). The highest BCUT2D eigenvalue weighted by molar-refractivity contribution is 5.77. The van der Waals surface area contributed by atoms with Crippen molar-refractivity contribution in [3.05, 3.63) is 0 Å². The van der Waals surface area contributed by atoms with Crippen molar-refractivity contribution in [1.29, 1.82) is 0 Å². The molecule has 1 unspecified atom stereocenters. The molecule has 5 heteroatoms. The van der Waals surface area contributed by atoms with E-state index in [0.29, 0.717) is 18.9 Å². The van der Waals surface area contributed by atoms with E-state index in [9.17, 15) is 4.79 Å². The van der Waals surface area contributed by atoms with E-state index in [4.69, 9.17) is 15.2 Å². The minimum absolute atomic E-state index is 0.0704. The van der Waals surface area contributed by atoms with Gasteiger partial charge in [-0.25, -0.2) is 0 Å². The summed E-state index contributed by atoms with van der Waals surface area (Å²) in [6.45, 7) is 3.91. The molecule has 0 aromatic rings. The number of carbonyl (C=O) groups is 1. The van der Waals surface area contributed by atoms with Crippen LogP contribution in [0.3, 0.4) is 0 Å². The van der Waals surface area contributed by atoms with Crippen LogP contribution in [-0.4, -0.2) is 55.9 Å². The van der Waals surface area contributed by atoms with Gasteiger partial charge in [0.25, 0.3) is 0 Å². The van der Waals surface area contributed by atoms with E-state index in [2.05, 4.69) is 0 Å². The molecular weight excluding hydrogens is 316 g/mol. The first-order chi connectivity index (χ1) is 12.2. The highest BCUT2D eigenvalue weighted by Gasteiger charge is 2.35. The predicted molar refractivity (Wildman–Crippen MR) is 98.3 cm³/mol. The molecule has 144 valence electrons. The Bertz CT molecular complexity index is 409. The number of nitrogens with two attached hydrogens (primary N) is 1. The molecule has 2 aliphatic heterocycles. The summed E-state index contributed by atoms with van der Waals surface area (Å²) in [5.74, 6) is 0.307. The van der Waals surface area contributed by atoms with Crippen LogP contribution in [0.25, 0.3) is 0 Å². The van der Waals surface area contributed by atoms with E-state index < -0.39 is 0 Å². The molecule has 0 aromatic heterocycles. The molecule has 5 nitrogen and oxygen atoms in total. The largest absolute Gasteiger partial charge is 0.376 e. The molecule has 2 N–H and O–H groups in total. The lowest BCUT2D eigenvalue weighted by Crippen LogP contribution is -2.45. The molecule has 1 atom stereocenters. The zero-order valence-electron chi connectivity index (χ0n) is 15.7. The standard InChI is InChI=1S/C20H36N2O3/c21-16-20(9-3-1-4-10-20)14-19(23)22-11-7-17(8-12-22)25-15-18-6-2-5-13-24-18/h17-18H,1-16,21H2. The smallest absolute Gasteiger partial charge is 0.223 e. The Kier molecular flexibility index (Phi) is 7.14. The predicted octanol–water partition coefficient (Wildman–Crippen LogP) is 2.86. The molecule has 2 saturated heterocycles. The highest BCUT2D eigenvalue weighted by atomic mass is 16.5. The number of nitrogens with zero attached hydrogens (tertiary/aromatic N) is 1. The minimum Gasteiger partial charge on any atom is -0.376 e. The Morgan fingerprint density at radius 2 is 1.84 bits per heavy atom. The molecular formula is C20H36N2O3.